The van der Waals surface area contributed by atoms with E-state index in [1.165, 1.54) is 39.1 Å². The number of rotatable bonds is 4. The van der Waals surface area contributed by atoms with Crippen LogP contribution in [0.3, 0.4) is 0 Å². The molecule has 0 N–H and O–H groups in total. The Kier molecular flexibility index (Phi) is 7.68. The third-order valence-electron chi connectivity index (χ3n) is 5.69. The highest BCUT2D eigenvalue weighted by Crippen LogP contribution is 2.28. The van der Waals surface area contributed by atoms with Gasteiger partial charge in [0, 0.05) is 11.6 Å². The summed E-state index contributed by atoms with van der Waals surface area (Å²) in [4.78, 5) is 0. The smallest absolute Gasteiger partial charge is 0.212 e. The molecule has 0 bridgehead atoms. The van der Waals surface area contributed by atoms with Crippen molar-refractivity contribution in [1.29, 1.82) is 0 Å². The quantitative estimate of drug-likeness (QED) is 0.273. The zero-order valence-corrected chi connectivity index (χ0v) is 21.4. The number of aromatic nitrogens is 1. The van der Waals surface area contributed by atoms with Crippen LogP contribution in [0.5, 0.6) is 0 Å². The summed E-state index contributed by atoms with van der Waals surface area (Å²) in [6, 6.07) is 32.3. The predicted octanol–water partition coefficient (Wildman–Crippen LogP) is 4.32. The van der Waals surface area contributed by atoms with Crippen molar-refractivity contribution in [2.24, 2.45) is 7.05 Å². The van der Waals surface area contributed by atoms with Gasteiger partial charge in [0.05, 0.1) is 5.56 Å². The summed E-state index contributed by atoms with van der Waals surface area (Å²) in [5, 5.41) is 0. The number of halogens is 1. The minimum Gasteiger partial charge on any atom is -1.00 e. The highest BCUT2D eigenvalue weighted by molar-refractivity contribution is 5.81. The Bertz CT molecular complexity index is 1190. The van der Waals surface area contributed by atoms with Crippen molar-refractivity contribution < 1.29 is 28.5 Å². The first-order chi connectivity index (χ1) is 14.9. The maximum Gasteiger partial charge on any atom is 0.212 e. The second-order valence-electron chi connectivity index (χ2n) is 9.08. The van der Waals surface area contributed by atoms with E-state index in [0.717, 1.165) is 0 Å². The van der Waals surface area contributed by atoms with Gasteiger partial charge in [0.2, 0.25) is 5.69 Å². The Labute approximate surface area is 209 Å². The van der Waals surface area contributed by atoms with E-state index >= 15 is 0 Å². The summed E-state index contributed by atoms with van der Waals surface area (Å²) < 4.78 is 2.22. The fourth-order valence-electron chi connectivity index (χ4n) is 3.84. The van der Waals surface area contributed by atoms with Crippen LogP contribution < -0.4 is 28.5 Å². The van der Waals surface area contributed by atoms with E-state index in [0.29, 0.717) is 0 Å². The molecule has 0 saturated heterocycles. The maximum atomic E-state index is 2.29. The zero-order chi connectivity index (χ0) is 21.8. The fourth-order valence-corrected chi connectivity index (χ4v) is 3.84. The minimum atomic E-state index is 0. The first kappa shape index (κ1) is 23.9. The standard InChI is InChI=1S/C30H30N.HI/c1-30(2,3)27-19-16-23(17-20-27)15-18-26-21-29(25-13-9-6-10-14-25)31(4)22-28(26)24-11-7-5-8-12-24;/h5-22H,1-4H3;1H/q+1;/p-1/b18-15+;. The monoisotopic (exact) mass is 531 g/mol. The summed E-state index contributed by atoms with van der Waals surface area (Å²) >= 11 is 0. The average molecular weight is 531 g/mol. The zero-order valence-electron chi connectivity index (χ0n) is 19.2. The predicted molar refractivity (Wildman–Crippen MR) is 133 cm³/mol. The molecule has 162 valence electrons. The fraction of sp³-hybridized carbons (Fsp3) is 0.167. The molecular weight excluding hydrogens is 501 g/mol. The van der Waals surface area contributed by atoms with Gasteiger partial charge in [-0.2, -0.15) is 0 Å². The van der Waals surface area contributed by atoms with Gasteiger partial charge in [-0.3, -0.25) is 0 Å². The summed E-state index contributed by atoms with van der Waals surface area (Å²) in [6.07, 6.45) is 6.68. The van der Waals surface area contributed by atoms with Crippen molar-refractivity contribution in [2.75, 3.05) is 0 Å². The van der Waals surface area contributed by atoms with E-state index in [4.69, 9.17) is 0 Å². The summed E-state index contributed by atoms with van der Waals surface area (Å²) in [5.41, 5.74) is 8.81. The first-order valence-corrected chi connectivity index (χ1v) is 10.8. The molecule has 0 aliphatic rings. The van der Waals surface area contributed by atoms with Crippen LogP contribution in [0.25, 0.3) is 34.5 Å². The Morgan fingerprint density at radius 3 is 1.81 bits per heavy atom. The lowest BCUT2D eigenvalue weighted by molar-refractivity contribution is -0.659. The number of benzene rings is 3. The van der Waals surface area contributed by atoms with Crippen LogP contribution >= 0.6 is 0 Å². The molecular formula is C30H30IN. The molecule has 0 amide bonds. The summed E-state index contributed by atoms with van der Waals surface area (Å²) in [5.74, 6) is 0. The Morgan fingerprint density at radius 2 is 1.25 bits per heavy atom. The van der Waals surface area contributed by atoms with E-state index < -0.39 is 0 Å². The molecule has 1 heterocycles. The number of hydrogen-bond acceptors (Lipinski definition) is 0. The lowest BCUT2D eigenvalue weighted by atomic mass is 9.86. The van der Waals surface area contributed by atoms with E-state index in [1.54, 1.807) is 0 Å². The van der Waals surface area contributed by atoms with Crippen LogP contribution in [0.15, 0.2) is 97.2 Å². The molecule has 0 unspecified atom stereocenters. The lowest BCUT2D eigenvalue weighted by Gasteiger charge is -2.18. The van der Waals surface area contributed by atoms with Gasteiger partial charge in [0.1, 0.15) is 7.05 Å². The minimum absolute atomic E-state index is 0. The third kappa shape index (κ3) is 5.55. The molecule has 32 heavy (non-hydrogen) atoms. The number of nitrogens with zero attached hydrogens (tertiary/aromatic N) is 1. The summed E-state index contributed by atoms with van der Waals surface area (Å²) in [7, 11) is 2.12. The summed E-state index contributed by atoms with van der Waals surface area (Å²) in [6.45, 7) is 6.75. The highest BCUT2D eigenvalue weighted by Gasteiger charge is 2.16. The Balaban J connectivity index is 0.00000289. The average Bonchev–Trinajstić information content (AvgIpc) is 2.79. The molecule has 1 nitrogen and oxygen atoms in total. The van der Waals surface area contributed by atoms with Gasteiger partial charge >= 0.3 is 0 Å². The van der Waals surface area contributed by atoms with Crippen LogP contribution in [-0.4, -0.2) is 0 Å². The number of hydrogen-bond donors (Lipinski definition) is 0. The second-order valence-corrected chi connectivity index (χ2v) is 9.08. The van der Waals surface area contributed by atoms with Crippen LogP contribution in [0.2, 0.25) is 0 Å². The third-order valence-corrected chi connectivity index (χ3v) is 5.69. The molecule has 4 rings (SSSR count). The van der Waals surface area contributed by atoms with Crippen molar-refractivity contribution in [3.8, 4) is 22.4 Å². The van der Waals surface area contributed by atoms with Gasteiger partial charge in [-0.25, -0.2) is 4.57 Å². The van der Waals surface area contributed by atoms with E-state index in [9.17, 15) is 0 Å². The first-order valence-electron chi connectivity index (χ1n) is 10.8. The molecule has 2 heteroatoms. The molecule has 0 fully saturated rings. The lowest BCUT2D eigenvalue weighted by Crippen LogP contribution is -3.00. The SMILES string of the molecule is C[n+]1cc(-c2ccccc2)c(/C=C/c2ccc(C(C)(C)C)cc2)cc1-c1ccccc1.[I-]. The van der Waals surface area contributed by atoms with Crippen molar-refractivity contribution in [1.82, 2.24) is 0 Å². The molecule has 0 spiro atoms. The number of pyridine rings is 1. The van der Waals surface area contributed by atoms with Crippen LogP contribution in [0.1, 0.15) is 37.5 Å². The van der Waals surface area contributed by atoms with Gasteiger partial charge in [-0.05, 0) is 39.8 Å². The highest BCUT2D eigenvalue weighted by atomic mass is 127. The normalized spacial score (nSPS) is 11.4. The molecule has 0 saturated carbocycles. The van der Waals surface area contributed by atoms with Gasteiger partial charge in [0.25, 0.3) is 0 Å². The van der Waals surface area contributed by atoms with E-state index in [-0.39, 0.29) is 29.4 Å². The van der Waals surface area contributed by atoms with Crippen LogP contribution in [0.4, 0.5) is 0 Å². The van der Waals surface area contributed by atoms with E-state index in [2.05, 4.69) is 142 Å². The number of aryl methyl sites for hydroxylation is 1. The van der Waals surface area contributed by atoms with E-state index in [1.807, 2.05) is 0 Å². The molecule has 0 aliphatic carbocycles. The van der Waals surface area contributed by atoms with Crippen LogP contribution in [0, 0.1) is 0 Å². The molecule has 0 radical (unpaired) electrons. The topological polar surface area (TPSA) is 3.88 Å². The van der Waals surface area contributed by atoms with Crippen molar-refractivity contribution in [3.05, 3.63) is 114 Å². The molecule has 1 aromatic heterocycles. The van der Waals surface area contributed by atoms with Crippen molar-refractivity contribution >= 4 is 12.2 Å². The van der Waals surface area contributed by atoms with Gasteiger partial charge < -0.3 is 24.0 Å². The molecule has 0 atom stereocenters. The maximum absolute atomic E-state index is 2.29. The molecule has 4 aromatic rings. The van der Waals surface area contributed by atoms with Gasteiger partial charge in [0.15, 0.2) is 6.20 Å². The Morgan fingerprint density at radius 1 is 0.688 bits per heavy atom. The largest absolute Gasteiger partial charge is 1.00 e. The Hall–Kier alpha value is -2.72. The second kappa shape index (κ2) is 10.3. The van der Waals surface area contributed by atoms with Crippen LogP contribution in [-0.2, 0) is 12.5 Å². The van der Waals surface area contributed by atoms with Crippen molar-refractivity contribution in [2.45, 2.75) is 26.2 Å². The van der Waals surface area contributed by atoms with Gasteiger partial charge in [-0.1, -0.05) is 106 Å². The van der Waals surface area contributed by atoms with Crippen molar-refractivity contribution in [3.63, 3.8) is 0 Å². The van der Waals surface area contributed by atoms with Gasteiger partial charge in [-0.15, -0.1) is 0 Å². The molecule has 0 aliphatic heterocycles. The molecule has 3 aromatic carbocycles.